The standard InChI is InChI=1S/C20H18BrN3O2/c21-14-5-3-4-13(10-14)20(26)22-11-19(25)24-9-8-18-16(12-24)15-6-1-2-7-17(15)23-18/h1-7,10,23H,8-9,11-12H2,(H,22,26). The van der Waals surface area contributed by atoms with Gasteiger partial charge in [0.25, 0.3) is 5.91 Å². The van der Waals surface area contributed by atoms with E-state index >= 15 is 0 Å². The molecule has 26 heavy (non-hydrogen) atoms. The largest absolute Gasteiger partial charge is 0.358 e. The number of benzene rings is 2. The SMILES string of the molecule is O=C(NCC(=O)N1CCc2[nH]c3ccccc3c2C1)c1cccc(Br)c1. The normalized spacial score (nSPS) is 13.5. The van der Waals surface area contributed by atoms with Gasteiger partial charge in [-0.2, -0.15) is 0 Å². The van der Waals surface area contributed by atoms with Crippen molar-refractivity contribution in [3.63, 3.8) is 0 Å². The number of hydrogen-bond donors (Lipinski definition) is 2. The highest BCUT2D eigenvalue weighted by atomic mass is 79.9. The number of hydrogen-bond acceptors (Lipinski definition) is 2. The number of nitrogens with one attached hydrogen (secondary N) is 2. The van der Waals surface area contributed by atoms with Gasteiger partial charge in [0.2, 0.25) is 5.91 Å². The van der Waals surface area contributed by atoms with Gasteiger partial charge in [0.05, 0.1) is 6.54 Å². The van der Waals surface area contributed by atoms with Crippen LogP contribution in [0.15, 0.2) is 53.0 Å². The molecule has 0 aliphatic carbocycles. The van der Waals surface area contributed by atoms with E-state index in [2.05, 4.69) is 38.4 Å². The zero-order valence-electron chi connectivity index (χ0n) is 14.1. The average Bonchev–Trinajstić information content (AvgIpc) is 3.03. The monoisotopic (exact) mass is 411 g/mol. The highest BCUT2D eigenvalue weighted by Crippen LogP contribution is 2.27. The average molecular weight is 412 g/mol. The van der Waals surface area contributed by atoms with Crippen molar-refractivity contribution in [3.8, 4) is 0 Å². The number of nitrogens with zero attached hydrogens (tertiary/aromatic N) is 1. The smallest absolute Gasteiger partial charge is 0.251 e. The van der Waals surface area contributed by atoms with Crippen molar-refractivity contribution in [1.82, 2.24) is 15.2 Å². The Morgan fingerprint density at radius 1 is 1.15 bits per heavy atom. The maximum absolute atomic E-state index is 12.6. The fourth-order valence-electron chi connectivity index (χ4n) is 3.38. The molecule has 0 unspecified atom stereocenters. The molecule has 5 nitrogen and oxygen atoms in total. The number of carbonyl (C=O) groups excluding carboxylic acids is 2. The van der Waals surface area contributed by atoms with Crippen molar-refractivity contribution >= 4 is 38.6 Å². The molecule has 0 spiro atoms. The van der Waals surface area contributed by atoms with E-state index in [9.17, 15) is 9.59 Å². The number of halogens is 1. The number of carbonyl (C=O) groups is 2. The Morgan fingerprint density at radius 2 is 2.00 bits per heavy atom. The van der Waals surface area contributed by atoms with Crippen molar-refractivity contribution in [3.05, 3.63) is 69.8 Å². The molecule has 2 aromatic carbocycles. The Hall–Kier alpha value is -2.60. The predicted octanol–water partition coefficient (Wildman–Crippen LogP) is 3.25. The van der Waals surface area contributed by atoms with E-state index in [1.165, 1.54) is 11.3 Å². The molecule has 0 radical (unpaired) electrons. The Kier molecular flexibility index (Phi) is 4.51. The van der Waals surface area contributed by atoms with Gasteiger partial charge in [-0.05, 0) is 24.3 Å². The van der Waals surface area contributed by atoms with E-state index in [-0.39, 0.29) is 18.4 Å². The predicted molar refractivity (Wildman–Crippen MR) is 104 cm³/mol. The number of para-hydroxylation sites is 1. The molecular formula is C20H18BrN3O2. The van der Waals surface area contributed by atoms with E-state index in [1.807, 2.05) is 23.1 Å². The van der Waals surface area contributed by atoms with Crippen molar-refractivity contribution in [1.29, 1.82) is 0 Å². The first-order valence-corrected chi connectivity index (χ1v) is 9.31. The summed E-state index contributed by atoms with van der Waals surface area (Å²) in [5, 5.41) is 3.88. The summed E-state index contributed by atoms with van der Waals surface area (Å²) in [6.45, 7) is 1.24. The van der Waals surface area contributed by atoms with E-state index in [0.29, 0.717) is 18.7 Å². The first-order valence-electron chi connectivity index (χ1n) is 8.52. The van der Waals surface area contributed by atoms with Gasteiger partial charge in [0.15, 0.2) is 0 Å². The summed E-state index contributed by atoms with van der Waals surface area (Å²) in [7, 11) is 0. The molecule has 0 saturated heterocycles. The maximum atomic E-state index is 12.6. The van der Waals surface area contributed by atoms with Gasteiger partial charge in [0.1, 0.15) is 0 Å². The van der Waals surface area contributed by atoms with Gasteiger partial charge in [-0.3, -0.25) is 9.59 Å². The van der Waals surface area contributed by atoms with Crippen LogP contribution in [0.2, 0.25) is 0 Å². The highest BCUT2D eigenvalue weighted by molar-refractivity contribution is 9.10. The van der Waals surface area contributed by atoms with E-state index < -0.39 is 0 Å². The molecule has 4 rings (SSSR count). The summed E-state index contributed by atoms with van der Waals surface area (Å²) in [6, 6.07) is 15.3. The van der Waals surface area contributed by atoms with Crippen LogP contribution in [-0.2, 0) is 17.8 Å². The third-order valence-corrected chi connectivity index (χ3v) is 5.22. The van der Waals surface area contributed by atoms with Crippen molar-refractivity contribution in [2.75, 3.05) is 13.1 Å². The summed E-state index contributed by atoms with van der Waals surface area (Å²) in [5.74, 6) is -0.311. The van der Waals surface area contributed by atoms with Crippen LogP contribution in [0.25, 0.3) is 10.9 Å². The summed E-state index contributed by atoms with van der Waals surface area (Å²) >= 11 is 3.35. The first-order chi connectivity index (χ1) is 12.6. The Morgan fingerprint density at radius 3 is 2.85 bits per heavy atom. The Balaban J connectivity index is 1.42. The summed E-state index contributed by atoms with van der Waals surface area (Å²) in [6.07, 6.45) is 0.801. The van der Waals surface area contributed by atoms with Gasteiger partial charge in [0, 0.05) is 51.7 Å². The summed E-state index contributed by atoms with van der Waals surface area (Å²) in [4.78, 5) is 30.0. The molecule has 132 valence electrons. The van der Waals surface area contributed by atoms with E-state index in [0.717, 1.165) is 21.8 Å². The number of aromatic amines is 1. The molecule has 1 aliphatic heterocycles. The van der Waals surface area contributed by atoms with Crippen molar-refractivity contribution in [2.24, 2.45) is 0 Å². The van der Waals surface area contributed by atoms with Crippen LogP contribution >= 0.6 is 15.9 Å². The van der Waals surface area contributed by atoms with Crippen LogP contribution in [0.3, 0.4) is 0 Å². The lowest BCUT2D eigenvalue weighted by atomic mass is 10.0. The zero-order valence-corrected chi connectivity index (χ0v) is 15.7. The topological polar surface area (TPSA) is 65.2 Å². The molecule has 0 saturated carbocycles. The second-order valence-corrected chi connectivity index (χ2v) is 7.30. The number of H-pyrrole nitrogens is 1. The maximum Gasteiger partial charge on any atom is 0.251 e. The molecule has 0 atom stereocenters. The summed E-state index contributed by atoms with van der Waals surface area (Å²) in [5.41, 5.74) is 4.02. The van der Waals surface area contributed by atoms with E-state index in [1.54, 1.807) is 18.2 Å². The van der Waals surface area contributed by atoms with Crippen molar-refractivity contribution < 1.29 is 9.59 Å². The third-order valence-electron chi connectivity index (χ3n) is 4.72. The zero-order chi connectivity index (χ0) is 18.1. The number of rotatable bonds is 3. The fraction of sp³-hybridized carbons (Fsp3) is 0.200. The second kappa shape index (κ2) is 6.96. The number of fused-ring (bicyclic) bond motifs is 3. The number of aromatic nitrogens is 1. The van der Waals surface area contributed by atoms with Crippen LogP contribution < -0.4 is 5.32 Å². The molecule has 1 aliphatic rings. The Labute approximate surface area is 159 Å². The molecule has 2 amide bonds. The van der Waals surface area contributed by atoms with Crippen molar-refractivity contribution in [2.45, 2.75) is 13.0 Å². The second-order valence-electron chi connectivity index (χ2n) is 6.39. The third kappa shape index (κ3) is 3.24. The molecule has 0 bridgehead atoms. The Bertz CT molecular complexity index is 996. The van der Waals surface area contributed by atoms with Crippen LogP contribution in [0.1, 0.15) is 21.6 Å². The minimum absolute atomic E-state index is 0.00301. The number of amides is 2. The van der Waals surface area contributed by atoms with E-state index in [4.69, 9.17) is 0 Å². The lowest BCUT2D eigenvalue weighted by Gasteiger charge is -2.27. The van der Waals surface area contributed by atoms with Crippen LogP contribution in [-0.4, -0.2) is 34.8 Å². The first kappa shape index (κ1) is 16.8. The van der Waals surface area contributed by atoms with Crippen LogP contribution in [0, 0.1) is 0 Å². The quantitative estimate of drug-likeness (QED) is 0.694. The van der Waals surface area contributed by atoms with Crippen LogP contribution in [0.4, 0.5) is 0 Å². The molecule has 3 aromatic rings. The van der Waals surface area contributed by atoms with Gasteiger partial charge < -0.3 is 15.2 Å². The molecule has 2 heterocycles. The minimum Gasteiger partial charge on any atom is -0.358 e. The van der Waals surface area contributed by atoms with Gasteiger partial charge in [-0.1, -0.05) is 40.2 Å². The lowest BCUT2D eigenvalue weighted by Crippen LogP contribution is -2.42. The van der Waals surface area contributed by atoms with Gasteiger partial charge in [-0.25, -0.2) is 0 Å². The highest BCUT2D eigenvalue weighted by Gasteiger charge is 2.24. The minimum atomic E-state index is -0.246. The molecular weight excluding hydrogens is 394 g/mol. The van der Waals surface area contributed by atoms with Gasteiger partial charge in [-0.15, -0.1) is 0 Å². The van der Waals surface area contributed by atoms with Gasteiger partial charge >= 0.3 is 0 Å². The lowest BCUT2D eigenvalue weighted by molar-refractivity contribution is -0.131. The summed E-state index contributed by atoms with van der Waals surface area (Å²) < 4.78 is 0.833. The fourth-order valence-corrected chi connectivity index (χ4v) is 3.78. The molecule has 2 N–H and O–H groups in total. The molecule has 1 aromatic heterocycles. The van der Waals surface area contributed by atoms with Crippen LogP contribution in [0.5, 0.6) is 0 Å². The molecule has 6 heteroatoms. The molecule has 0 fully saturated rings.